The topological polar surface area (TPSA) is 81.9 Å². The molecule has 0 aliphatic heterocycles. The second kappa shape index (κ2) is 9.71. The van der Waals surface area contributed by atoms with Crippen molar-refractivity contribution in [3.8, 4) is 5.75 Å². The number of allylic oxidation sites excluding steroid dienone is 1. The number of anilines is 1. The SMILES string of the molecule is C=CCn1c(COc2ccc(C)cc2C)nnc1SCC(=O)Nc1nc(C)cs1. The number of ether oxygens (including phenoxy) is 1. The zero-order valence-electron chi connectivity index (χ0n) is 16.6. The van der Waals surface area contributed by atoms with Crippen LogP contribution >= 0.6 is 23.1 Å². The first-order valence-electron chi connectivity index (χ1n) is 9.04. The van der Waals surface area contributed by atoms with Crippen LogP contribution in [0.3, 0.4) is 0 Å². The van der Waals surface area contributed by atoms with E-state index < -0.39 is 0 Å². The zero-order valence-corrected chi connectivity index (χ0v) is 18.3. The first-order chi connectivity index (χ1) is 14.0. The minimum absolute atomic E-state index is 0.134. The summed E-state index contributed by atoms with van der Waals surface area (Å²) < 4.78 is 7.84. The normalized spacial score (nSPS) is 10.7. The standard InChI is InChI=1S/C20H23N5O2S2/c1-5-8-25-17(10-27-16-7-6-13(2)9-14(16)3)23-24-20(25)29-12-18(26)22-19-21-15(4)11-28-19/h5-7,9,11H,1,8,10,12H2,2-4H3,(H,21,22,26). The molecule has 0 saturated carbocycles. The van der Waals surface area contributed by atoms with E-state index in [1.807, 2.05) is 42.9 Å². The molecule has 3 aromatic rings. The smallest absolute Gasteiger partial charge is 0.236 e. The molecule has 2 heterocycles. The predicted octanol–water partition coefficient (Wildman–Crippen LogP) is 4.16. The molecule has 0 atom stereocenters. The molecule has 0 unspecified atom stereocenters. The number of rotatable bonds is 9. The van der Waals surface area contributed by atoms with Crippen molar-refractivity contribution >= 4 is 34.1 Å². The van der Waals surface area contributed by atoms with E-state index in [4.69, 9.17) is 4.74 Å². The van der Waals surface area contributed by atoms with Crippen LogP contribution < -0.4 is 10.1 Å². The monoisotopic (exact) mass is 429 g/mol. The quantitative estimate of drug-likeness (QED) is 0.406. The molecule has 0 saturated heterocycles. The number of thioether (sulfide) groups is 1. The number of benzene rings is 1. The third-order valence-electron chi connectivity index (χ3n) is 3.99. The molecule has 2 aromatic heterocycles. The Hall–Kier alpha value is -2.65. The highest BCUT2D eigenvalue weighted by Crippen LogP contribution is 2.22. The molecule has 3 rings (SSSR count). The summed E-state index contributed by atoms with van der Waals surface area (Å²) in [5.74, 6) is 1.58. The maximum atomic E-state index is 12.2. The van der Waals surface area contributed by atoms with E-state index >= 15 is 0 Å². The Morgan fingerprint density at radius 3 is 2.86 bits per heavy atom. The molecule has 0 bridgehead atoms. The molecule has 29 heavy (non-hydrogen) atoms. The van der Waals surface area contributed by atoms with Gasteiger partial charge in [0, 0.05) is 11.9 Å². The Kier molecular flexibility index (Phi) is 7.05. The number of hydrogen-bond donors (Lipinski definition) is 1. The van der Waals surface area contributed by atoms with Gasteiger partial charge in [-0.1, -0.05) is 35.5 Å². The first-order valence-corrected chi connectivity index (χ1v) is 10.9. The number of carbonyl (C=O) groups is 1. The minimum atomic E-state index is -0.134. The lowest BCUT2D eigenvalue weighted by Gasteiger charge is -2.11. The highest BCUT2D eigenvalue weighted by atomic mass is 32.2. The number of aryl methyl sites for hydroxylation is 3. The molecule has 0 aliphatic carbocycles. The van der Waals surface area contributed by atoms with E-state index in [0.717, 1.165) is 17.0 Å². The summed E-state index contributed by atoms with van der Waals surface area (Å²) in [6, 6.07) is 6.05. The fraction of sp³-hybridized carbons (Fsp3) is 0.300. The van der Waals surface area contributed by atoms with E-state index in [1.54, 1.807) is 6.08 Å². The summed E-state index contributed by atoms with van der Waals surface area (Å²) in [6.07, 6.45) is 1.77. The number of hydrogen-bond acceptors (Lipinski definition) is 7. The Morgan fingerprint density at radius 1 is 1.34 bits per heavy atom. The Labute approximate surface area is 178 Å². The predicted molar refractivity (Wildman–Crippen MR) is 117 cm³/mol. The van der Waals surface area contributed by atoms with Gasteiger partial charge in [-0.05, 0) is 32.4 Å². The van der Waals surface area contributed by atoms with E-state index in [9.17, 15) is 4.79 Å². The molecule has 0 spiro atoms. The van der Waals surface area contributed by atoms with Crippen LogP contribution in [0, 0.1) is 20.8 Å². The Balaban J connectivity index is 1.63. The lowest BCUT2D eigenvalue weighted by molar-refractivity contribution is -0.113. The van der Waals surface area contributed by atoms with Crippen LogP contribution in [-0.2, 0) is 17.9 Å². The largest absolute Gasteiger partial charge is 0.485 e. The average molecular weight is 430 g/mol. The summed E-state index contributed by atoms with van der Waals surface area (Å²) in [5.41, 5.74) is 3.15. The summed E-state index contributed by atoms with van der Waals surface area (Å²) in [4.78, 5) is 16.4. The zero-order chi connectivity index (χ0) is 20.8. The van der Waals surface area contributed by atoms with Gasteiger partial charge < -0.3 is 10.1 Å². The van der Waals surface area contributed by atoms with Crippen LogP contribution in [-0.4, -0.2) is 31.4 Å². The van der Waals surface area contributed by atoms with Gasteiger partial charge in [0.25, 0.3) is 0 Å². The molecule has 0 radical (unpaired) electrons. The average Bonchev–Trinajstić information content (AvgIpc) is 3.26. The second-order valence-corrected chi connectivity index (χ2v) is 8.29. The number of amides is 1. The second-order valence-electron chi connectivity index (χ2n) is 6.49. The highest BCUT2D eigenvalue weighted by Gasteiger charge is 2.15. The van der Waals surface area contributed by atoms with Crippen LogP contribution in [0.2, 0.25) is 0 Å². The number of aromatic nitrogens is 4. The van der Waals surface area contributed by atoms with Crippen molar-refractivity contribution in [2.45, 2.75) is 39.1 Å². The molecule has 0 aliphatic rings. The maximum absolute atomic E-state index is 12.2. The maximum Gasteiger partial charge on any atom is 0.236 e. The fourth-order valence-corrected chi connectivity index (χ4v) is 4.12. The molecule has 1 N–H and O–H groups in total. The van der Waals surface area contributed by atoms with Crippen LogP contribution in [0.1, 0.15) is 22.6 Å². The number of carbonyl (C=O) groups excluding carboxylic acids is 1. The van der Waals surface area contributed by atoms with Gasteiger partial charge in [0.15, 0.2) is 16.1 Å². The number of nitrogens with one attached hydrogen (secondary N) is 1. The number of nitrogens with zero attached hydrogens (tertiary/aromatic N) is 4. The van der Waals surface area contributed by atoms with Gasteiger partial charge in [0.05, 0.1) is 11.4 Å². The van der Waals surface area contributed by atoms with Crippen molar-refractivity contribution in [3.05, 3.63) is 58.9 Å². The summed E-state index contributed by atoms with van der Waals surface area (Å²) >= 11 is 2.73. The van der Waals surface area contributed by atoms with Crippen molar-refractivity contribution < 1.29 is 9.53 Å². The summed E-state index contributed by atoms with van der Waals surface area (Å²) in [5, 5.41) is 14.4. The molecule has 7 nitrogen and oxygen atoms in total. The molecular formula is C20H23N5O2S2. The molecule has 0 fully saturated rings. The van der Waals surface area contributed by atoms with Crippen LogP contribution in [0.4, 0.5) is 5.13 Å². The van der Waals surface area contributed by atoms with Gasteiger partial charge in [-0.25, -0.2) is 4.98 Å². The Bertz CT molecular complexity index is 1010. The number of thiazole rings is 1. The van der Waals surface area contributed by atoms with Crippen LogP contribution in [0.25, 0.3) is 0 Å². The van der Waals surface area contributed by atoms with Gasteiger partial charge in [-0.3, -0.25) is 9.36 Å². The van der Waals surface area contributed by atoms with E-state index in [-0.39, 0.29) is 18.3 Å². The minimum Gasteiger partial charge on any atom is -0.485 e. The summed E-state index contributed by atoms with van der Waals surface area (Å²) in [6.45, 7) is 10.6. The van der Waals surface area contributed by atoms with Crippen molar-refractivity contribution in [1.82, 2.24) is 19.7 Å². The van der Waals surface area contributed by atoms with Crippen molar-refractivity contribution in [1.29, 1.82) is 0 Å². The molecule has 1 amide bonds. The van der Waals surface area contributed by atoms with Gasteiger partial charge in [0.2, 0.25) is 5.91 Å². The van der Waals surface area contributed by atoms with Gasteiger partial charge in [-0.2, -0.15) is 0 Å². The molecule has 9 heteroatoms. The lowest BCUT2D eigenvalue weighted by atomic mass is 10.1. The van der Waals surface area contributed by atoms with E-state index in [1.165, 1.54) is 28.7 Å². The molecule has 152 valence electrons. The van der Waals surface area contributed by atoms with Gasteiger partial charge in [0.1, 0.15) is 12.4 Å². The Morgan fingerprint density at radius 2 is 2.17 bits per heavy atom. The van der Waals surface area contributed by atoms with Crippen molar-refractivity contribution in [2.75, 3.05) is 11.1 Å². The van der Waals surface area contributed by atoms with E-state index in [2.05, 4.69) is 33.1 Å². The lowest BCUT2D eigenvalue weighted by Crippen LogP contribution is -2.15. The first kappa shape index (κ1) is 21.1. The summed E-state index contributed by atoms with van der Waals surface area (Å²) in [7, 11) is 0. The van der Waals surface area contributed by atoms with Crippen LogP contribution in [0.5, 0.6) is 5.75 Å². The molecule has 1 aromatic carbocycles. The third-order valence-corrected chi connectivity index (χ3v) is 5.83. The van der Waals surface area contributed by atoms with E-state index in [0.29, 0.717) is 22.7 Å². The molecular weight excluding hydrogens is 406 g/mol. The van der Waals surface area contributed by atoms with Gasteiger partial charge in [-0.15, -0.1) is 28.1 Å². The van der Waals surface area contributed by atoms with Crippen molar-refractivity contribution in [3.63, 3.8) is 0 Å². The highest BCUT2D eigenvalue weighted by molar-refractivity contribution is 7.99. The van der Waals surface area contributed by atoms with Crippen LogP contribution in [0.15, 0.2) is 41.4 Å². The van der Waals surface area contributed by atoms with Crippen molar-refractivity contribution in [2.24, 2.45) is 0 Å². The van der Waals surface area contributed by atoms with Gasteiger partial charge >= 0.3 is 0 Å². The fourth-order valence-electron chi connectivity index (χ4n) is 2.65. The third kappa shape index (κ3) is 5.68.